The number of nitrogens with two attached hydrogens (primary N) is 1. The van der Waals surface area contributed by atoms with Gasteiger partial charge in [0.1, 0.15) is 5.60 Å². The molecule has 0 aromatic heterocycles. The van der Waals surface area contributed by atoms with Crippen molar-refractivity contribution in [1.29, 1.82) is 0 Å². The van der Waals surface area contributed by atoms with Gasteiger partial charge in [0, 0.05) is 6.04 Å². The Morgan fingerprint density at radius 3 is 2.74 bits per heavy atom. The van der Waals surface area contributed by atoms with E-state index in [2.05, 4.69) is 5.32 Å². The first-order valence-electron chi connectivity index (χ1n) is 6.31. The van der Waals surface area contributed by atoms with Gasteiger partial charge in [-0.1, -0.05) is 17.7 Å². The second-order valence-corrected chi connectivity index (χ2v) is 6.24. The molecular formula is C14H19ClN2O2. The van der Waals surface area contributed by atoms with Gasteiger partial charge in [-0.05, 0) is 50.8 Å². The molecule has 1 amide bonds. The van der Waals surface area contributed by atoms with E-state index in [1.54, 1.807) is 6.07 Å². The van der Waals surface area contributed by atoms with Gasteiger partial charge in [0.05, 0.1) is 10.7 Å². The number of hydrogen-bond donors (Lipinski definition) is 2. The smallest absolute Gasteiger partial charge is 0.407 e. The summed E-state index contributed by atoms with van der Waals surface area (Å²) < 4.78 is 5.24. The van der Waals surface area contributed by atoms with Crippen LogP contribution in [0.3, 0.4) is 0 Å². The van der Waals surface area contributed by atoms with Crippen LogP contribution in [0.25, 0.3) is 0 Å². The van der Waals surface area contributed by atoms with Gasteiger partial charge in [-0.15, -0.1) is 0 Å². The molecule has 2 rings (SSSR count). The molecule has 0 aliphatic heterocycles. The summed E-state index contributed by atoms with van der Waals surface area (Å²) in [7, 11) is 0. The normalized spacial score (nSPS) is 18.0. The number of carbonyl (C=O) groups excluding carboxylic acids is 1. The van der Waals surface area contributed by atoms with Gasteiger partial charge in [-0.25, -0.2) is 4.79 Å². The molecule has 0 radical (unpaired) electrons. The Kier molecular flexibility index (Phi) is 3.63. The van der Waals surface area contributed by atoms with Crippen LogP contribution in [-0.4, -0.2) is 17.7 Å². The number of halogens is 1. The highest BCUT2D eigenvalue weighted by Gasteiger charge is 2.27. The summed E-state index contributed by atoms with van der Waals surface area (Å²) in [5.41, 5.74) is 8.04. The number of benzene rings is 1. The molecule has 0 heterocycles. The largest absolute Gasteiger partial charge is 0.444 e. The van der Waals surface area contributed by atoms with Crippen LogP contribution in [0, 0.1) is 0 Å². The minimum atomic E-state index is -0.488. The second kappa shape index (κ2) is 4.93. The average Bonchev–Trinajstić information content (AvgIpc) is 2.64. The Bertz CT molecular complexity index is 509. The summed E-state index contributed by atoms with van der Waals surface area (Å²) in [5, 5.41) is 3.47. The van der Waals surface area contributed by atoms with Gasteiger partial charge in [0.15, 0.2) is 0 Å². The minimum Gasteiger partial charge on any atom is -0.444 e. The van der Waals surface area contributed by atoms with Crippen LogP contribution in [0.1, 0.15) is 31.9 Å². The summed E-state index contributed by atoms with van der Waals surface area (Å²) in [5.74, 6) is 0. The molecule has 0 spiro atoms. The second-order valence-electron chi connectivity index (χ2n) is 5.86. The van der Waals surface area contributed by atoms with Gasteiger partial charge in [0.2, 0.25) is 0 Å². The molecular weight excluding hydrogens is 264 g/mol. The zero-order valence-electron chi connectivity index (χ0n) is 11.4. The van der Waals surface area contributed by atoms with E-state index in [1.807, 2.05) is 26.8 Å². The summed E-state index contributed by atoms with van der Waals surface area (Å²) in [4.78, 5) is 11.7. The van der Waals surface area contributed by atoms with Crippen molar-refractivity contribution in [3.8, 4) is 0 Å². The van der Waals surface area contributed by atoms with Crippen LogP contribution in [-0.2, 0) is 17.6 Å². The van der Waals surface area contributed by atoms with Crippen molar-refractivity contribution >= 4 is 23.4 Å². The van der Waals surface area contributed by atoms with Crippen LogP contribution < -0.4 is 11.1 Å². The molecule has 0 saturated carbocycles. The quantitative estimate of drug-likeness (QED) is 0.779. The molecule has 1 aromatic rings. The van der Waals surface area contributed by atoms with Crippen molar-refractivity contribution in [2.75, 3.05) is 5.73 Å². The van der Waals surface area contributed by atoms with Gasteiger partial charge >= 0.3 is 6.09 Å². The summed E-state index contributed by atoms with van der Waals surface area (Å²) >= 11 is 6.18. The SMILES string of the molecule is CC(C)(C)OC(=O)NC1Cc2ccc(N)c(Cl)c2C1. The van der Waals surface area contributed by atoms with Crippen LogP contribution in [0.5, 0.6) is 0 Å². The molecule has 5 heteroatoms. The molecule has 19 heavy (non-hydrogen) atoms. The highest BCUT2D eigenvalue weighted by atomic mass is 35.5. The number of anilines is 1. The number of hydrogen-bond acceptors (Lipinski definition) is 3. The number of rotatable bonds is 1. The van der Waals surface area contributed by atoms with E-state index in [-0.39, 0.29) is 6.04 Å². The molecule has 1 aromatic carbocycles. The Labute approximate surface area is 118 Å². The maximum absolute atomic E-state index is 11.7. The average molecular weight is 283 g/mol. The first kappa shape index (κ1) is 14.0. The van der Waals surface area contributed by atoms with E-state index in [1.165, 1.54) is 0 Å². The summed E-state index contributed by atoms with van der Waals surface area (Å²) in [6.07, 6.45) is 1.06. The fourth-order valence-corrected chi connectivity index (χ4v) is 2.51. The molecule has 1 aliphatic rings. The number of nitrogen functional groups attached to an aromatic ring is 1. The van der Waals surface area contributed by atoms with E-state index in [9.17, 15) is 4.79 Å². The van der Waals surface area contributed by atoms with Crippen molar-refractivity contribution in [2.45, 2.75) is 45.3 Å². The van der Waals surface area contributed by atoms with E-state index < -0.39 is 11.7 Å². The molecule has 3 N–H and O–H groups in total. The van der Waals surface area contributed by atoms with E-state index in [0.717, 1.165) is 17.5 Å². The minimum absolute atomic E-state index is 0.0177. The van der Waals surface area contributed by atoms with Gasteiger partial charge in [-0.2, -0.15) is 0 Å². The van der Waals surface area contributed by atoms with Crippen LogP contribution in [0.2, 0.25) is 5.02 Å². The lowest BCUT2D eigenvalue weighted by molar-refractivity contribution is 0.0506. The standard InChI is InChI=1S/C14H19ClN2O2/c1-14(2,3)19-13(18)17-9-6-8-4-5-11(16)12(15)10(8)7-9/h4-5,9H,6-7,16H2,1-3H3,(H,17,18). The number of ether oxygens (including phenoxy) is 1. The highest BCUT2D eigenvalue weighted by Crippen LogP contribution is 2.33. The predicted octanol–water partition coefficient (Wildman–Crippen LogP) is 2.91. The van der Waals surface area contributed by atoms with Gasteiger partial charge < -0.3 is 15.8 Å². The summed E-state index contributed by atoms with van der Waals surface area (Å²) in [6.45, 7) is 5.52. The first-order valence-corrected chi connectivity index (χ1v) is 6.69. The number of alkyl carbamates (subject to hydrolysis) is 1. The third kappa shape index (κ3) is 3.32. The van der Waals surface area contributed by atoms with Crippen molar-refractivity contribution in [2.24, 2.45) is 0 Å². The molecule has 0 fully saturated rings. The summed E-state index contributed by atoms with van der Waals surface area (Å²) in [6, 6.07) is 3.79. The number of nitrogens with one attached hydrogen (secondary N) is 1. The topological polar surface area (TPSA) is 64.3 Å². The third-order valence-electron chi connectivity index (χ3n) is 3.01. The van der Waals surface area contributed by atoms with Crippen molar-refractivity contribution in [3.63, 3.8) is 0 Å². The number of carbonyl (C=O) groups is 1. The predicted molar refractivity (Wildman–Crippen MR) is 76.4 cm³/mol. The lowest BCUT2D eigenvalue weighted by Crippen LogP contribution is -2.39. The number of fused-ring (bicyclic) bond motifs is 1. The fourth-order valence-electron chi connectivity index (χ4n) is 2.25. The van der Waals surface area contributed by atoms with Crippen LogP contribution in [0.4, 0.5) is 10.5 Å². The molecule has 1 atom stereocenters. The number of amides is 1. The first-order chi connectivity index (χ1) is 8.76. The van der Waals surface area contributed by atoms with Crippen LogP contribution >= 0.6 is 11.6 Å². The lowest BCUT2D eigenvalue weighted by Gasteiger charge is -2.21. The monoisotopic (exact) mass is 282 g/mol. The molecule has 4 nitrogen and oxygen atoms in total. The molecule has 0 bridgehead atoms. The van der Waals surface area contributed by atoms with E-state index in [0.29, 0.717) is 17.1 Å². The maximum Gasteiger partial charge on any atom is 0.407 e. The van der Waals surface area contributed by atoms with E-state index in [4.69, 9.17) is 22.1 Å². The Balaban J connectivity index is 2.01. The molecule has 104 valence electrons. The van der Waals surface area contributed by atoms with Crippen molar-refractivity contribution in [3.05, 3.63) is 28.3 Å². The Hall–Kier alpha value is -1.42. The zero-order chi connectivity index (χ0) is 14.2. The maximum atomic E-state index is 11.7. The van der Waals surface area contributed by atoms with Crippen molar-refractivity contribution in [1.82, 2.24) is 5.32 Å². The molecule has 0 saturated heterocycles. The van der Waals surface area contributed by atoms with E-state index >= 15 is 0 Å². The molecule has 1 aliphatic carbocycles. The van der Waals surface area contributed by atoms with Crippen LogP contribution in [0.15, 0.2) is 12.1 Å². The third-order valence-corrected chi connectivity index (χ3v) is 3.45. The van der Waals surface area contributed by atoms with Gasteiger partial charge in [0.25, 0.3) is 0 Å². The Morgan fingerprint density at radius 2 is 2.11 bits per heavy atom. The highest BCUT2D eigenvalue weighted by molar-refractivity contribution is 6.34. The molecule has 1 unspecified atom stereocenters. The zero-order valence-corrected chi connectivity index (χ0v) is 12.2. The lowest BCUT2D eigenvalue weighted by atomic mass is 10.1. The van der Waals surface area contributed by atoms with Gasteiger partial charge in [-0.3, -0.25) is 0 Å². The van der Waals surface area contributed by atoms with Crippen molar-refractivity contribution < 1.29 is 9.53 Å². The Morgan fingerprint density at radius 1 is 1.42 bits per heavy atom. The fraction of sp³-hybridized carbons (Fsp3) is 0.500.